The van der Waals surface area contributed by atoms with Gasteiger partial charge < -0.3 is 28.8 Å². The molecule has 7 nitrogen and oxygen atoms in total. The van der Waals surface area contributed by atoms with Gasteiger partial charge in [-0.05, 0) is 53.9 Å². The largest absolute Gasteiger partial charge is 0.497 e. The summed E-state index contributed by atoms with van der Waals surface area (Å²) in [5, 5.41) is 9.66. The van der Waals surface area contributed by atoms with Gasteiger partial charge in [-0.15, -0.1) is 0 Å². The molecule has 0 saturated heterocycles. The maximum Gasteiger partial charge on any atom is 0.119 e. The lowest BCUT2D eigenvalue weighted by molar-refractivity contribution is 0.0180. The van der Waals surface area contributed by atoms with Crippen molar-refractivity contribution in [3.63, 3.8) is 0 Å². The maximum atomic E-state index is 9.66. The van der Waals surface area contributed by atoms with E-state index in [0.717, 1.165) is 22.6 Å². The molecule has 0 heterocycles. The summed E-state index contributed by atoms with van der Waals surface area (Å²) in [7, 11) is 3.28. The molecule has 1 N–H and O–H groups in total. The molecular formula is C24H33NO6. The number of aliphatic hydroxyl groups is 1. The quantitative estimate of drug-likeness (QED) is 0.325. The summed E-state index contributed by atoms with van der Waals surface area (Å²) in [6.07, 6.45) is 2.43. The highest BCUT2D eigenvalue weighted by Gasteiger charge is 2.06. The van der Waals surface area contributed by atoms with Crippen LogP contribution in [0, 0.1) is 0 Å². The minimum absolute atomic E-state index is 0.0164. The molecule has 0 aromatic heterocycles. The molecular weight excluding hydrogens is 398 g/mol. The fourth-order valence-corrected chi connectivity index (χ4v) is 2.72. The summed E-state index contributed by atoms with van der Waals surface area (Å²) >= 11 is 0. The minimum Gasteiger partial charge on any atom is -0.497 e. The van der Waals surface area contributed by atoms with Crippen LogP contribution >= 0.6 is 0 Å². The summed E-state index contributed by atoms with van der Waals surface area (Å²) in [5.41, 5.74) is 2.05. The summed E-state index contributed by atoms with van der Waals surface area (Å²) in [6, 6.07) is 15.3. The second-order valence-corrected chi connectivity index (χ2v) is 6.80. The van der Waals surface area contributed by atoms with Crippen LogP contribution in [0.3, 0.4) is 0 Å². The van der Waals surface area contributed by atoms with Crippen molar-refractivity contribution in [3.05, 3.63) is 59.7 Å². The topological polar surface area (TPSA) is 78.7 Å². The summed E-state index contributed by atoms with van der Waals surface area (Å²) in [5.74, 6) is 1.59. The molecule has 0 amide bonds. The molecule has 0 aliphatic carbocycles. The van der Waals surface area contributed by atoms with Gasteiger partial charge in [0.2, 0.25) is 0 Å². The Morgan fingerprint density at radius 3 is 2.03 bits per heavy atom. The number of nitrogens with zero attached hydrogens (tertiary/aromatic N) is 1. The number of hydrogen-bond donors (Lipinski definition) is 1. The molecule has 170 valence electrons. The van der Waals surface area contributed by atoms with Crippen molar-refractivity contribution in [3.8, 4) is 11.5 Å². The Bertz CT molecular complexity index is 733. The molecule has 1 atom stereocenters. The second kappa shape index (κ2) is 15.4. The Morgan fingerprint density at radius 2 is 1.42 bits per heavy atom. The van der Waals surface area contributed by atoms with E-state index in [4.69, 9.17) is 23.7 Å². The number of aliphatic imine (C=N–C) groups is 1. The molecule has 2 rings (SSSR count). The first-order valence-corrected chi connectivity index (χ1v) is 10.4. The van der Waals surface area contributed by atoms with Crippen molar-refractivity contribution in [2.75, 3.05) is 60.5 Å². The van der Waals surface area contributed by atoms with Crippen molar-refractivity contribution in [2.24, 2.45) is 4.99 Å². The second-order valence-electron chi connectivity index (χ2n) is 6.80. The first kappa shape index (κ1) is 24.8. The van der Waals surface area contributed by atoms with E-state index in [0.29, 0.717) is 46.1 Å². The van der Waals surface area contributed by atoms with Gasteiger partial charge >= 0.3 is 0 Å². The van der Waals surface area contributed by atoms with E-state index in [1.807, 2.05) is 48.5 Å². The number of rotatable bonds is 16. The van der Waals surface area contributed by atoms with Crippen LogP contribution in [0.15, 0.2) is 53.5 Å². The van der Waals surface area contributed by atoms with Crippen molar-refractivity contribution in [2.45, 2.75) is 12.5 Å². The Morgan fingerprint density at radius 1 is 0.806 bits per heavy atom. The van der Waals surface area contributed by atoms with Gasteiger partial charge in [0.15, 0.2) is 0 Å². The van der Waals surface area contributed by atoms with Crippen LogP contribution < -0.4 is 9.47 Å². The van der Waals surface area contributed by atoms with E-state index in [-0.39, 0.29) is 12.6 Å². The van der Waals surface area contributed by atoms with E-state index in [2.05, 4.69) is 4.99 Å². The highest BCUT2D eigenvalue weighted by atomic mass is 16.6. The molecule has 2 aromatic rings. The van der Waals surface area contributed by atoms with Crippen LogP contribution in [0.4, 0.5) is 0 Å². The molecule has 0 radical (unpaired) electrons. The van der Waals surface area contributed by atoms with Crippen LogP contribution in [0.5, 0.6) is 11.5 Å². The first-order valence-electron chi connectivity index (χ1n) is 10.4. The highest BCUT2D eigenvalue weighted by Crippen LogP contribution is 2.15. The number of ether oxygens (including phenoxy) is 5. The van der Waals surface area contributed by atoms with Gasteiger partial charge in [0.1, 0.15) is 18.1 Å². The van der Waals surface area contributed by atoms with Gasteiger partial charge in [-0.1, -0.05) is 12.1 Å². The fourth-order valence-electron chi connectivity index (χ4n) is 2.72. The molecule has 7 heteroatoms. The third kappa shape index (κ3) is 10.4. The van der Waals surface area contributed by atoms with Crippen LogP contribution in [0.1, 0.15) is 11.1 Å². The lowest BCUT2D eigenvalue weighted by Crippen LogP contribution is -2.14. The van der Waals surface area contributed by atoms with E-state index in [1.54, 1.807) is 20.4 Å². The summed E-state index contributed by atoms with van der Waals surface area (Å²) in [4.78, 5) is 4.51. The van der Waals surface area contributed by atoms with Gasteiger partial charge in [-0.3, -0.25) is 4.99 Å². The molecule has 2 aromatic carbocycles. The standard InChI is InChI=1S/C24H33NO6/c1-27-11-12-29-13-14-30-15-16-31-24-9-3-20(4-10-24)17-22(19-26)25-18-21-5-7-23(28-2)8-6-21/h3-10,18,22,26H,11-17,19H2,1-2H3/b25-18+/t22-/m0/s1. The predicted octanol–water partition coefficient (Wildman–Crippen LogP) is 2.78. The van der Waals surface area contributed by atoms with E-state index in [1.165, 1.54) is 0 Å². The normalized spacial score (nSPS) is 12.2. The zero-order valence-corrected chi connectivity index (χ0v) is 18.4. The lowest BCUT2D eigenvalue weighted by atomic mass is 10.1. The smallest absolute Gasteiger partial charge is 0.119 e. The Labute approximate surface area is 184 Å². The highest BCUT2D eigenvalue weighted by molar-refractivity contribution is 5.79. The fraction of sp³-hybridized carbons (Fsp3) is 0.458. The Balaban J connectivity index is 1.68. The molecule has 31 heavy (non-hydrogen) atoms. The maximum absolute atomic E-state index is 9.66. The number of hydrogen-bond acceptors (Lipinski definition) is 7. The summed E-state index contributed by atoms with van der Waals surface area (Å²) in [6.45, 7) is 3.21. The van der Waals surface area contributed by atoms with E-state index >= 15 is 0 Å². The van der Waals surface area contributed by atoms with Gasteiger partial charge in [-0.2, -0.15) is 0 Å². The Kier molecular flexibility index (Phi) is 12.3. The van der Waals surface area contributed by atoms with Crippen LogP contribution in [0.2, 0.25) is 0 Å². The van der Waals surface area contributed by atoms with Crippen molar-refractivity contribution in [1.29, 1.82) is 0 Å². The third-order valence-corrected chi connectivity index (χ3v) is 4.46. The van der Waals surface area contributed by atoms with Gasteiger partial charge in [0.25, 0.3) is 0 Å². The van der Waals surface area contributed by atoms with Crippen molar-refractivity contribution < 1.29 is 28.8 Å². The van der Waals surface area contributed by atoms with Gasteiger partial charge in [-0.25, -0.2) is 0 Å². The zero-order chi connectivity index (χ0) is 22.2. The van der Waals surface area contributed by atoms with Gasteiger partial charge in [0, 0.05) is 13.3 Å². The average Bonchev–Trinajstić information content (AvgIpc) is 2.82. The minimum atomic E-state index is -0.201. The number of aliphatic hydroxyl groups excluding tert-OH is 1. The SMILES string of the molecule is COCCOCCOCCOc1ccc(C[C@@H](CO)/N=C/c2ccc(OC)cc2)cc1. The summed E-state index contributed by atoms with van der Waals surface area (Å²) < 4.78 is 26.5. The molecule has 0 bridgehead atoms. The Hall–Kier alpha value is -2.45. The third-order valence-electron chi connectivity index (χ3n) is 4.46. The molecule has 0 fully saturated rings. The molecule has 0 spiro atoms. The van der Waals surface area contributed by atoms with Crippen LogP contribution in [-0.4, -0.2) is 77.8 Å². The van der Waals surface area contributed by atoms with Crippen LogP contribution in [-0.2, 0) is 20.6 Å². The first-order chi connectivity index (χ1) is 15.2. The average molecular weight is 432 g/mol. The van der Waals surface area contributed by atoms with E-state index < -0.39 is 0 Å². The van der Waals surface area contributed by atoms with Crippen molar-refractivity contribution >= 4 is 6.21 Å². The zero-order valence-electron chi connectivity index (χ0n) is 18.4. The lowest BCUT2D eigenvalue weighted by Gasteiger charge is -2.11. The van der Waals surface area contributed by atoms with E-state index in [9.17, 15) is 5.11 Å². The molecule has 0 unspecified atom stereocenters. The molecule has 0 aliphatic heterocycles. The predicted molar refractivity (Wildman–Crippen MR) is 121 cm³/mol. The number of benzene rings is 2. The van der Waals surface area contributed by atoms with Gasteiger partial charge in [0.05, 0.1) is 52.8 Å². The molecule has 0 aliphatic rings. The van der Waals surface area contributed by atoms with Crippen LogP contribution in [0.25, 0.3) is 0 Å². The van der Waals surface area contributed by atoms with Crippen molar-refractivity contribution in [1.82, 2.24) is 0 Å². The molecule has 0 saturated carbocycles. The monoisotopic (exact) mass is 431 g/mol. The number of methoxy groups -OCH3 is 2.